The van der Waals surface area contributed by atoms with Crippen LogP contribution >= 0.6 is 0 Å². The number of nitrogens with zero attached hydrogens (tertiary/aromatic N) is 1. The second kappa shape index (κ2) is 11.4. The zero-order valence-corrected chi connectivity index (χ0v) is 16.5. The molecule has 1 amide bonds. The van der Waals surface area contributed by atoms with Crippen LogP contribution in [0.2, 0.25) is 0 Å². The van der Waals surface area contributed by atoms with Gasteiger partial charge in [-0.2, -0.15) is 0 Å². The molecule has 0 heterocycles. The molecule has 0 aliphatic rings. The van der Waals surface area contributed by atoms with Crippen molar-refractivity contribution in [1.29, 1.82) is 0 Å². The van der Waals surface area contributed by atoms with Gasteiger partial charge in [0.25, 0.3) is 0 Å². The molecule has 0 atom stereocenters. The van der Waals surface area contributed by atoms with Gasteiger partial charge in [0.05, 0.1) is 27.8 Å². The van der Waals surface area contributed by atoms with Crippen molar-refractivity contribution in [2.45, 2.75) is 39.5 Å². The molecule has 1 aromatic carbocycles. The number of amides is 1. The third-order valence-electron chi connectivity index (χ3n) is 4.58. The van der Waals surface area contributed by atoms with E-state index < -0.39 is 0 Å². The van der Waals surface area contributed by atoms with E-state index in [1.807, 2.05) is 32.0 Å². The monoisotopic (exact) mass is 365 g/mol. The van der Waals surface area contributed by atoms with Gasteiger partial charge in [-0.3, -0.25) is 9.59 Å². The number of methoxy groups -OCH3 is 3. The Balaban J connectivity index is 2.84. The summed E-state index contributed by atoms with van der Waals surface area (Å²) in [5.74, 6) is 1.11. The van der Waals surface area contributed by atoms with Crippen molar-refractivity contribution in [3.63, 3.8) is 0 Å². The molecule has 0 spiro atoms. The van der Waals surface area contributed by atoms with Crippen molar-refractivity contribution in [1.82, 2.24) is 4.90 Å². The predicted molar refractivity (Wildman–Crippen MR) is 101 cm³/mol. The van der Waals surface area contributed by atoms with Crippen LogP contribution in [0.15, 0.2) is 18.2 Å². The highest BCUT2D eigenvalue weighted by Gasteiger charge is 2.22. The maximum atomic E-state index is 12.8. The van der Waals surface area contributed by atoms with Gasteiger partial charge in [0.1, 0.15) is 0 Å². The van der Waals surface area contributed by atoms with E-state index in [4.69, 9.17) is 14.2 Å². The normalized spacial score (nSPS) is 10.5. The van der Waals surface area contributed by atoms with E-state index in [1.54, 1.807) is 19.1 Å². The molecule has 0 saturated carbocycles. The molecule has 0 fully saturated rings. The number of esters is 1. The number of hydrogen-bond donors (Lipinski definition) is 0. The highest BCUT2D eigenvalue weighted by molar-refractivity contribution is 5.79. The van der Waals surface area contributed by atoms with Gasteiger partial charge in [-0.25, -0.2) is 0 Å². The first-order chi connectivity index (χ1) is 12.5. The summed E-state index contributed by atoms with van der Waals surface area (Å²) in [6.07, 6.45) is 2.46. The Hall–Kier alpha value is -2.24. The molecule has 146 valence electrons. The van der Waals surface area contributed by atoms with Crippen molar-refractivity contribution >= 4 is 11.9 Å². The average Bonchev–Trinajstić information content (AvgIpc) is 2.68. The summed E-state index contributed by atoms with van der Waals surface area (Å²) in [5, 5.41) is 0. The van der Waals surface area contributed by atoms with E-state index in [-0.39, 0.29) is 24.2 Å². The lowest BCUT2D eigenvalue weighted by molar-refractivity contribution is -0.142. The maximum absolute atomic E-state index is 12.8. The molecule has 0 bridgehead atoms. The zero-order valence-electron chi connectivity index (χ0n) is 16.5. The lowest BCUT2D eigenvalue weighted by Gasteiger charge is -2.26. The molecule has 26 heavy (non-hydrogen) atoms. The first-order valence-electron chi connectivity index (χ1n) is 9.07. The lowest BCUT2D eigenvalue weighted by Crippen LogP contribution is -2.38. The second-order valence-electron chi connectivity index (χ2n) is 6.10. The van der Waals surface area contributed by atoms with Gasteiger partial charge in [0.15, 0.2) is 11.5 Å². The van der Waals surface area contributed by atoms with E-state index in [1.165, 1.54) is 7.11 Å². The Morgan fingerprint density at radius 2 is 1.65 bits per heavy atom. The number of rotatable bonds is 11. The summed E-state index contributed by atoms with van der Waals surface area (Å²) in [5.41, 5.74) is 1.04. The van der Waals surface area contributed by atoms with Crippen molar-refractivity contribution in [3.8, 4) is 11.5 Å². The molecule has 0 aliphatic carbocycles. The summed E-state index contributed by atoms with van der Waals surface area (Å²) in [4.78, 5) is 26.0. The third-order valence-corrected chi connectivity index (χ3v) is 4.58. The zero-order chi connectivity index (χ0) is 19.5. The van der Waals surface area contributed by atoms with Crippen LogP contribution in [0.3, 0.4) is 0 Å². The SMILES string of the molecule is CCC(CC)C(=O)N(CCC(=O)OC)CCc1ccc(OC)c(OC)c1. The maximum Gasteiger partial charge on any atom is 0.307 e. The van der Waals surface area contributed by atoms with E-state index in [9.17, 15) is 9.59 Å². The van der Waals surface area contributed by atoms with Gasteiger partial charge in [-0.1, -0.05) is 19.9 Å². The third kappa shape index (κ3) is 6.24. The van der Waals surface area contributed by atoms with Crippen molar-refractivity contribution < 1.29 is 23.8 Å². The number of ether oxygens (including phenoxy) is 3. The number of hydrogen-bond acceptors (Lipinski definition) is 5. The smallest absolute Gasteiger partial charge is 0.307 e. The van der Waals surface area contributed by atoms with E-state index in [0.717, 1.165) is 18.4 Å². The molecular formula is C20H31NO5. The minimum Gasteiger partial charge on any atom is -0.493 e. The van der Waals surface area contributed by atoms with Crippen LogP contribution in [0.1, 0.15) is 38.7 Å². The van der Waals surface area contributed by atoms with Crippen LogP contribution in [0.25, 0.3) is 0 Å². The molecule has 0 saturated heterocycles. The average molecular weight is 365 g/mol. The molecule has 0 unspecified atom stereocenters. The fourth-order valence-electron chi connectivity index (χ4n) is 2.86. The number of benzene rings is 1. The van der Waals surface area contributed by atoms with Gasteiger partial charge in [0, 0.05) is 19.0 Å². The largest absolute Gasteiger partial charge is 0.493 e. The lowest BCUT2D eigenvalue weighted by atomic mass is 10.0. The molecule has 1 aromatic rings. The molecule has 1 rings (SSSR count). The van der Waals surface area contributed by atoms with Gasteiger partial charge >= 0.3 is 5.97 Å². The van der Waals surface area contributed by atoms with Crippen LogP contribution in [0.5, 0.6) is 11.5 Å². The molecule has 0 aromatic heterocycles. The minimum atomic E-state index is -0.307. The molecule has 0 aliphatic heterocycles. The van der Waals surface area contributed by atoms with Crippen LogP contribution in [0.4, 0.5) is 0 Å². The topological polar surface area (TPSA) is 65.1 Å². The molecule has 0 N–H and O–H groups in total. The molecular weight excluding hydrogens is 334 g/mol. The van der Waals surface area contributed by atoms with Crippen molar-refractivity contribution in [3.05, 3.63) is 23.8 Å². The van der Waals surface area contributed by atoms with Gasteiger partial charge in [-0.05, 0) is 37.0 Å². The quantitative estimate of drug-likeness (QED) is 0.564. The first kappa shape index (κ1) is 21.8. The predicted octanol–water partition coefficient (Wildman–Crippen LogP) is 3.07. The molecule has 6 heteroatoms. The summed E-state index contributed by atoms with van der Waals surface area (Å²) in [7, 11) is 4.56. The summed E-state index contributed by atoms with van der Waals surface area (Å²) in [6.45, 7) is 4.94. The van der Waals surface area contributed by atoms with Gasteiger partial charge in [-0.15, -0.1) is 0 Å². The fraction of sp³-hybridized carbons (Fsp3) is 0.600. The van der Waals surface area contributed by atoms with Crippen LogP contribution < -0.4 is 9.47 Å². The second-order valence-corrected chi connectivity index (χ2v) is 6.10. The Labute approximate surface area is 156 Å². The van der Waals surface area contributed by atoms with E-state index in [0.29, 0.717) is 31.0 Å². The van der Waals surface area contributed by atoms with Crippen molar-refractivity contribution in [2.24, 2.45) is 5.92 Å². The fourth-order valence-corrected chi connectivity index (χ4v) is 2.86. The minimum absolute atomic E-state index is 0.0157. The summed E-state index contributed by atoms with van der Waals surface area (Å²) >= 11 is 0. The highest BCUT2D eigenvalue weighted by Crippen LogP contribution is 2.27. The Morgan fingerprint density at radius 3 is 2.19 bits per heavy atom. The number of carbonyl (C=O) groups is 2. The molecule has 6 nitrogen and oxygen atoms in total. The van der Waals surface area contributed by atoms with Crippen LogP contribution in [0, 0.1) is 5.92 Å². The summed E-state index contributed by atoms with van der Waals surface area (Å²) < 4.78 is 15.3. The van der Waals surface area contributed by atoms with E-state index >= 15 is 0 Å². The number of carbonyl (C=O) groups excluding carboxylic acids is 2. The molecule has 0 radical (unpaired) electrons. The van der Waals surface area contributed by atoms with Crippen molar-refractivity contribution in [2.75, 3.05) is 34.4 Å². The standard InChI is InChI=1S/C20H31NO5/c1-6-16(7-2)20(23)21(13-11-19(22)26-5)12-10-15-8-9-17(24-3)18(14-15)25-4/h8-9,14,16H,6-7,10-13H2,1-5H3. The van der Waals surface area contributed by atoms with Crippen LogP contribution in [-0.2, 0) is 20.7 Å². The van der Waals surface area contributed by atoms with E-state index in [2.05, 4.69) is 0 Å². The Morgan fingerprint density at radius 1 is 1.00 bits per heavy atom. The highest BCUT2D eigenvalue weighted by atomic mass is 16.5. The first-order valence-corrected chi connectivity index (χ1v) is 9.07. The van der Waals surface area contributed by atoms with Crippen LogP contribution in [-0.4, -0.2) is 51.2 Å². The van der Waals surface area contributed by atoms with Gasteiger partial charge in [0.2, 0.25) is 5.91 Å². The summed E-state index contributed by atoms with van der Waals surface area (Å²) in [6, 6.07) is 5.73. The van der Waals surface area contributed by atoms with Gasteiger partial charge < -0.3 is 19.1 Å². The Bertz CT molecular complexity index is 584. The Kier molecular flexibility index (Phi) is 9.55.